The standard InChI is InChI=1S/C13H23N5/c1-3-6-18-13(9-14-16-18)17(2)12-7-10-4-5-11(8-12)15-10/h9-12,15H,3-8H2,1-2H3. The van der Waals surface area contributed by atoms with Gasteiger partial charge in [0.2, 0.25) is 0 Å². The lowest BCUT2D eigenvalue weighted by Crippen LogP contribution is -2.47. The Morgan fingerprint density at radius 3 is 2.78 bits per heavy atom. The average molecular weight is 249 g/mol. The maximum atomic E-state index is 4.18. The van der Waals surface area contributed by atoms with Gasteiger partial charge in [0.25, 0.3) is 0 Å². The SMILES string of the molecule is CCCn1nncc1N(C)C1CC2CCC(C1)N2. The Hall–Kier alpha value is -1.10. The van der Waals surface area contributed by atoms with Gasteiger partial charge in [-0.05, 0) is 32.1 Å². The molecule has 2 fully saturated rings. The van der Waals surface area contributed by atoms with Gasteiger partial charge < -0.3 is 10.2 Å². The van der Waals surface area contributed by atoms with Crippen molar-refractivity contribution < 1.29 is 0 Å². The lowest BCUT2D eigenvalue weighted by atomic mass is 9.99. The molecule has 2 bridgehead atoms. The van der Waals surface area contributed by atoms with Crippen LogP contribution in [0.5, 0.6) is 0 Å². The highest BCUT2D eigenvalue weighted by molar-refractivity contribution is 5.37. The van der Waals surface area contributed by atoms with Crippen molar-refractivity contribution in [2.75, 3.05) is 11.9 Å². The van der Waals surface area contributed by atoms with Crippen LogP contribution in [0, 0.1) is 0 Å². The quantitative estimate of drug-likeness (QED) is 0.876. The van der Waals surface area contributed by atoms with Gasteiger partial charge in [-0.3, -0.25) is 0 Å². The molecule has 3 heterocycles. The summed E-state index contributed by atoms with van der Waals surface area (Å²) in [5, 5.41) is 11.9. The number of nitrogens with one attached hydrogen (secondary N) is 1. The van der Waals surface area contributed by atoms with E-state index in [4.69, 9.17) is 0 Å². The lowest BCUT2D eigenvalue weighted by molar-refractivity contribution is 0.351. The van der Waals surface area contributed by atoms with E-state index in [1.54, 1.807) is 0 Å². The first kappa shape index (κ1) is 12.0. The van der Waals surface area contributed by atoms with Gasteiger partial charge in [0.1, 0.15) is 5.82 Å². The summed E-state index contributed by atoms with van der Waals surface area (Å²) in [5.41, 5.74) is 0. The van der Waals surface area contributed by atoms with Crippen LogP contribution in [0.2, 0.25) is 0 Å². The van der Waals surface area contributed by atoms with E-state index in [-0.39, 0.29) is 0 Å². The van der Waals surface area contributed by atoms with Crippen molar-refractivity contribution in [1.82, 2.24) is 20.3 Å². The van der Waals surface area contributed by atoms with Crippen molar-refractivity contribution in [2.45, 2.75) is 63.7 Å². The van der Waals surface area contributed by atoms with Crippen molar-refractivity contribution in [2.24, 2.45) is 0 Å². The van der Waals surface area contributed by atoms with Crippen LogP contribution in [-0.4, -0.2) is 40.2 Å². The Morgan fingerprint density at radius 2 is 2.11 bits per heavy atom. The van der Waals surface area contributed by atoms with Crippen molar-refractivity contribution in [3.05, 3.63) is 6.20 Å². The van der Waals surface area contributed by atoms with Gasteiger partial charge in [0.05, 0.1) is 6.20 Å². The molecule has 2 atom stereocenters. The predicted octanol–water partition coefficient (Wildman–Crippen LogP) is 1.41. The third kappa shape index (κ3) is 2.11. The van der Waals surface area contributed by atoms with E-state index in [9.17, 15) is 0 Å². The number of fused-ring (bicyclic) bond motifs is 2. The maximum absolute atomic E-state index is 4.18. The maximum Gasteiger partial charge on any atom is 0.147 e. The molecule has 0 spiro atoms. The Balaban J connectivity index is 1.73. The molecule has 5 nitrogen and oxygen atoms in total. The van der Waals surface area contributed by atoms with Gasteiger partial charge in [-0.1, -0.05) is 12.1 Å². The minimum absolute atomic E-state index is 0.637. The number of nitrogens with zero attached hydrogens (tertiary/aromatic N) is 4. The average Bonchev–Trinajstić information content (AvgIpc) is 2.96. The molecule has 0 amide bonds. The molecule has 100 valence electrons. The number of hydrogen-bond acceptors (Lipinski definition) is 4. The van der Waals surface area contributed by atoms with E-state index in [2.05, 4.69) is 34.5 Å². The predicted molar refractivity (Wildman–Crippen MR) is 71.7 cm³/mol. The van der Waals surface area contributed by atoms with E-state index in [0.29, 0.717) is 6.04 Å². The lowest BCUT2D eigenvalue weighted by Gasteiger charge is -2.36. The molecule has 2 saturated heterocycles. The van der Waals surface area contributed by atoms with Gasteiger partial charge in [-0.2, -0.15) is 0 Å². The van der Waals surface area contributed by atoms with E-state index >= 15 is 0 Å². The molecule has 3 rings (SSSR count). The van der Waals surface area contributed by atoms with Crippen LogP contribution in [-0.2, 0) is 6.54 Å². The minimum Gasteiger partial charge on any atom is -0.355 e. The summed E-state index contributed by atoms with van der Waals surface area (Å²) < 4.78 is 2.03. The van der Waals surface area contributed by atoms with Crippen molar-refractivity contribution >= 4 is 5.82 Å². The fraction of sp³-hybridized carbons (Fsp3) is 0.846. The smallest absolute Gasteiger partial charge is 0.147 e. The second kappa shape index (κ2) is 4.88. The Kier molecular flexibility index (Phi) is 3.24. The highest BCUT2D eigenvalue weighted by Crippen LogP contribution is 2.31. The molecule has 2 aliphatic rings. The van der Waals surface area contributed by atoms with Crippen LogP contribution >= 0.6 is 0 Å². The van der Waals surface area contributed by atoms with E-state index in [1.807, 2.05) is 10.9 Å². The molecule has 1 aromatic heterocycles. The Bertz CT molecular complexity index is 390. The van der Waals surface area contributed by atoms with Crippen LogP contribution < -0.4 is 10.2 Å². The molecule has 1 aromatic rings. The number of piperidine rings is 1. The molecule has 0 aromatic carbocycles. The van der Waals surface area contributed by atoms with Gasteiger partial charge in [-0.15, -0.1) is 5.10 Å². The van der Waals surface area contributed by atoms with Crippen LogP contribution in [0.15, 0.2) is 6.20 Å². The van der Waals surface area contributed by atoms with Crippen LogP contribution in [0.1, 0.15) is 39.0 Å². The first-order valence-electron chi connectivity index (χ1n) is 7.15. The van der Waals surface area contributed by atoms with Gasteiger partial charge in [0, 0.05) is 31.7 Å². The fourth-order valence-corrected chi connectivity index (χ4v) is 3.43. The summed E-state index contributed by atoms with van der Waals surface area (Å²) >= 11 is 0. The molecule has 5 heteroatoms. The van der Waals surface area contributed by atoms with Gasteiger partial charge >= 0.3 is 0 Å². The second-order valence-corrected chi connectivity index (χ2v) is 5.69. The van der Waals surface area contributed by atoms with Crippen LogP contribution in [0.4, 0.5) is 5.82 Å². The van der Waals surface area contributed by atoms with E-state index < -0.39 is 0 Å². The molecule has 0 saturated carbocycles. The molecular formula is C13H23N5. The van der Waals surface area contributed by atoms with Gasteiger partial charge in [-0.25, -0.2) is 4.68 Å². The third-order valence-corrected chi connectivity index (χ3v) is 4.39. The zero-order valence-corrected chi connectivity index (χ0v) is 11.3. The zero-order valence-electron chi connectivity index (χ0n) is 11.3. The highest BCUT2D eigenvalue weighted by Gasteiger charge is 2.35. The number of anilines is 1. The molecule has 2 unspecified atom stereocenters. The normalized spacial score (nSPS) is 30.7. The summed E-state index contributed by atoms with van der Waals surface area (Å²) in [7, 11) is 2.19. The van der Waals surface area contributed by atoms with Crippen LogP contribution in [0.3, 0.4) is 0 Å². The zero-order chi connectivity index (χ0) is 12.5. The molecule has 18 heavy (non-hydrogen) atoms. The highest BCUT2D eigenvalue weighted by atomic mass is 15.5. The summed E-state index contributed by atoms with van der Waals surface area (Å²) in [6.45, 7) is 3.13. The molecular weight excluding hydrogens is 226 g/mol. The number of aromatic nitrogens is 3. The summed E-state index contributed by atoms with van der Waals surface area (Å²) in [6, 6.07) is 2.09. The summed E-state index contributed by atoms with van der Waals surface area (Å²) in [6.07, 6.45) is 8.21. The van der Waals surface area contributed by atoms with Gasteiger partial charge in [0.15, 0.2) is 0 Å². The molecule has 0 aliphatic carbocycles. The number of hydrogen-bond donors (Lipinski definition) is 1. The van der Waals surface area contributed by atoms with Crippen LogP contribution in [0.25, 0.3) is 0 Å². The summed E-state index contributed by atoms with van der Waals surface area (Å²) in [5.74, 6) is 1.17. The largest absolute Gasteiger partial charge is 0.355 e. The van der Waals surface area contributed by atoms with E-state index in [0.717, 1.165) is 25.0 Å². The van der Waals surface area contributed by atoms with Crippen molar-refractivity contribution in [3.8, 4) is 0 Å². The molecule has 2 aliphatic heterocycles. The fourth-order valence-electron chi connectivity index (χ4n) is 3.43. The first-order chi connectivity index (χ1) is 8.78. The topological polar surface area (TPSA) is 46.0 Å². The Morgan fingerprint density at radius 1 is 1.39 bits per heavy atom. The molecule has 1 N–H and O–H groups in total. The Labute approximate surface area is 109 Å². The second-order valence-electron chi connectivity index (χ2n) is 5.69. The number of aryl methyl sites for hydroxylation is 1. The van der Waals surface area contributed by atoms with Crippen molar-refractivity contribution in [1.29, 1.82) is 0 Å². The molecule has 0 radical (unpaired) electrons. The van der Waals surface area contributed by atoms with E-state index in [1.165, 1.54) is 31.5 Å². The number of rotatable bonds is 4. The minimum atomic E-state index is 0.637. The van der Waals surface area contributed by atoms with Crippen molar-refractivity contribution in [3.63, 3.8) is 0 Å². The first-order valence-corrected chi connectivity index (χ1v) is 7.15. The third-order valence-electron chi connectivity index (χ3n) is 4.39. The monoisotopic (exact) mass is 249 g/mol. The summed E-state index contributed by atoms with van der Waals surface area (Å²) in [4.78, 5) is 2.39.